The Morgan fingerprint density at radius 1 is 0.976 bits per heavy atom. The normalized spacial score (nSPS) is 17.2. The minimum atomic E-state index is -0.916. The quantitative estimate of drug-likeness (QED) is 0.325. The molecular weight excluding hydrogens is 520 g/mol. The van der Waals surface area contributed by atoms with Crippen LogP contribution in [-0.2, 0) is 16.1 Å². The number of ether oxygens (including phenoxy) is 1. The van der Waals surface area contributed by atoms with E-state index < -0.39 is 12.1 Å². The van der Waals surface area contributed by atoms with Crippen molar-refractivity contribution in [1.29, 1.82) is 0 Å². The third kappa shape index (κ3) is 5.17. The highest BCUT2D eigenvalue weighted by Gasteiger charge is 2.46. The monoisotopic (exact) mass is 548 g/mol. The molecule has 2 atom stereocenters. The van der Waals surface area contributed by atoms with E-state index in [-0.39, 0.29) is 30.9 Å². The summed E-state index contributed by atoms with van der Waals surface area (Å²) >= 11 is 0. The Morgan fingerprint density at radius 2 is 1.71 bits per heavy atom. The van der Waals surface area contributed by atoms with Gasteiger partial charge in [0.05, 0.1) is 36.7 Å². The lowest BCUT2D eigenvalue weighted by atomic mass is 9.95. The molecule has 9 nitrogen and oxygen atoms in total. The fraction of sp³-hybridized carbons (Fsp3) is 0.156. The highest BCUT2D eigenvalue weighted by Crippen LogP contribution is 2.40. The van der Waals surface area contributed by atoms with Crippen LogP contribution in [-0.4, -0.2) is 41.2 Å². The van der Waals surface area contributed by atoms with E-state index in [1.54, 1.807) is 19.2 Å². The summed E-state index contributed by atoms with van der Waals surface area (Å²) in [6, 6.07) is 27.4. The Kier molecular flexibility index (Phi) is 6.99. The molecule has 0 fully saturated rings. The van der Waals surface area contributed by atoms with Crippen molar-refractivity contribution in [1.82, 2.24) is 20.4 Å². The molecule has 0 unspecified atom stereocenters. The molecule has 4 amide bonds. The van der Waals surface area contributed by atoms with Crippen molar-refractivity contribution >= 4 is 17.8 Å². The first-order valence-corrected chi connectivity index (χ1v) is 13.3. The number of hydrogen-bond acceptors (Lipinski definition) is 5. The van der Waals surface area contributed by atoms with Gasteiger partial charge in [0, 0.05) is 7.05 Å². The summed E-state index contributed by atoms with van der Waals surface area (Å²) in [5.74, 6) is 1.17. The number of carbonyl (C=O) groups excluding carboxylic acids is 3. The highest BCUT2D eigenvalue weighted by molar-refractivity contribution is 6.03. The van der Waals surface area contributed by atoms with E-state index >= 15 is 0 Å². The zero-order valence-electron chi connectivity index (χ0n) is 22.3. The second-order valence-electron chi connectivity index (χ2n) is 9.83. The maximum Gasteiger partial charge on any atom is 0.322 e. The molecule has 9 heteroatoms. The summed E-state index contributed by atoms with van der Waals surface area (Å²) in [4.78, 5) is 43.8. The van der Waals surface area contributed by atoms with Crippen LogP contribution >= 0.6 is 0 Å². The molecule has 0 saturated heterocycles. The predicted octanol–water partition coefficient (Wildman–Crippen LogP) is 4.92. The molecule has 4 aromatic rings. The Labute approximate surface area is 237 Å². The second kappa shape index (κ2) is 11.1. The average Bonchev–Trinajstić information content (AvgIpc) is 3.64. The van der Waals surface area contributed by atoms with Crippen LogP contribution < -0.4 is 15.4 Å². The van der Waals surface area contributed by atoms with Crippen LogP contribution in [0.5, 0.6) is 11.5 Å². The summed E-state index contributed by atoms with van der Waals surface area (Å²) in [5.41, 5.74) is 2.33. The van der Waals surface area contributed by atoms with Crippen molar-refractivity contribution in [2.45, 2.75) is 18.6 Å². The van der Waals surface area contributed by atoms with Gasteiger partial charge in [-0.1, -0.05) is 60.7 Å². The van der Waals surface area contributed by atoms with Gasteiger partial charge in [-0.3, -0.25) is 14.5 Å². The second-order valence-corrected chi connectivity index (χ2v) is 9.83. The molecule has 2 N–H and O–H groups in total. The predicted molar refractivity (Wildman–Crippen MR) is 150 cm³/mol. The molecule has 0 spiro atoms. The Morgan fingerprint density at radius 3 is 2.44 bits per heavy atom. The van der Waals surface area contributed by atoms with Gasteiger partial charge in [-0.15, -0.1) is 0 Å². The zero-order chi connectivity index (χ0) is 28.3. The Bertz CT molecular complexity index is 1600. The number of urea groups is 1. The number of benzene rings is 3. The number of likely N-dealkylation sites (N-methyl/N-ethyl adjacent to an activating group) is 1. The van der Waals surface area contributed by atoms with Crippen molar-refractivity contribution in [2.75, 3.05) is 13.6 Å². The molecule has 6 rings (SSSR count). The number of carbonyl (C=O) groups is 3. The number of furan rings is 1. The summed E-state index contributed by atoms with van der Waals surface area (Å²) in [5, 5.41) is 5.86. The van der Waals surface area contributed by atoms with E-state index in [9.17, 15) is 14.4 Å². The highest BCUT2D eigenvalue weighted by atomic mass is 16.5. The molecule has 0 aliphatic carbocycles. The van der Waals surface area contributed by atoms with Crippen molar-refractivity contribution in [2.24, 2.45) is 0 Å². The molecule has 0 saturated carbocycles. The molecule has 1 aromatic heterocycles. The molecule has 0 radical (unpaired) electrons. The molecule has 0 bridgehead atoms. The van der Waals surface area contributed by atoms with Crippen LogP contribution in [0.1, 0.15) is 29.0 Å². The van der Waals surface area contributed by atoms with E-state index in [4.69, 9.17) is 9.15 Å². The molecule has 2 aliphatic rings. The Hall–Kier alpha value is -5.31. The van der Waals surface area contributed by atoms with Gasteiger partial charge in [-0.05, 0) is 47.5 Å². The molecular formula is C32H28N4O5. The van der Waals surface area contributed by atoms with Crippen LogP contribution in [0.15, 0.2) is 119 Å². The van der Waals surface area contributed by atoms with Crippen LogP contribution in [0.3, 0.4) is 0 Å². The fourth-order valence-corrected chi connectivity index (χ4v) is 5.22. The van der Waals surface area contributed by atoms with Crippen molar-refractivity contribution in [3.63, 3.8) is 0 Å². The van der Waals surface area contributed by atoms with E-state index in [1.165, 1.54) is 16.1 Å². The number of para-hydroxylation sites is 1. The van der Waals surface area contributed by atoms with Gasteiger partial charge in [-0.2, -0.15) is 0 Å². The summed E-state index contributed by atoms with van der Waals surface area (Å²) in [7, 11) is 1.63. The van der Waals surface area contributed by atoms with Crippen molar-refractivity contribution in [3.05, 3.63) is 131 Å². The summed E-state index contributed by atoms with van der Waals surface area (Å²) in [6.45, 7) is 0.281. The topological polar surface area (TPSA) is 104 Å². The zero-order valence-corrected chi connectivity index (χ0v) is 22.3. The minimum absolute atomic E-state index is 0.0997. The molecule has 3 aromatic carbocycles. The number of nitrogens with one attached hydrogen (secondary N) is 2. The third-order valence-electron chi connectivity index (χ3n) is 7.25. The first-order chi connectivity index (χ1) is 20.0. The van der Waals surface area contributed by atoms with Crippen LogP contribution in [0.25, 0.3) is 0 Å². The SMILES string of the molecule is CN1C(=O)N[C@@H](c2cccc(Oc3ccccc3)c2)C2=C1CN([C@@H](C(=O)NCc1ccco1)c1ccccc1)C2=O. The number of nitrogens with zero attached hydrogens (tertiary/aromatic N) is 2. The molecule has 2 aliphatic heterocycles. The van der Waals surface area contributed by atoms with Crippen LogP contribution in [0.2, 0.25) is 0 Å². The van der Waals surface area contributed by atoms with Gasteiger partial charge in [0.25, 0.3) is 5.91 Å². The first kappa shape index (κ1) is 25.9. The fourth-order valence-electron chi connectivity index (χ4n) is 5.22. The van der Waals surface area contributed by atoms with Gasteiger partial charge in [0.15, 0.2) is 0 Å². The molecule has 3 heterocycles. The van der Waals surface area contributed by atoms with E-state index in [0.717, 1.165) is 0 Å². The lowest BCUT2D eigenvalue weighted by Gasteiger charge is -2.31. The van der Waals surface area contributed by atoms with Gasteiger partial charge in [-0.25, -0.2) is 4.79 Å². The lowest BCUT2D eigenvalue weighted by Crippen LogP contribution is -2.45. The maximum atomic E-state index is 14.2. The summed E-state index contributed by atoms with van der Waals surface area (Å²) < 4.78 is 11.4. The minimum Gasteiger partial charge on any atom is -0.467 e. The van der Waals surface area contributed by atoms with Gasteiger partial charge >= 0.3 is 6.03 Å². The third-order valence-corrected chi connectivity index (χ3v) is 7.25. The van der Waals surface area contributed by atoms with Crippen molar-refractivity contribution in [3.8, 4) is 11.5 Å². The molecule has 41 heavy (non-hydrogen) atoms. The number of hydrogen-bond donors (Lipinski definition) is 2. The van der Waals surface area contributed by atoms with E-state index in [0.29, 0.717) is 39.7 Å². The van der Waals surface area contributed by atoms with Crippen LogP contribution in [0.4, 0.5) is 4.79 Å². The average molecular weight is 549 g/mol. The lowest BCUT2D eigenvalue weighted by molar-refractivity contribution is -0.136. The van der Waals surface area contributed by atoms with E-state index in [1.807, 2.05) is 84.9 Å². The van der Waals surface area contributed by atoms with Crippen molar-refractivity contribution < 1.29 is 23.5 Å². The largest absolute Gasteiger partial charge is 0.467 e. The van der Waals surface area contributed by atoms with Gasteiger partial charge in [0.2, 0.25) is 5.91 Å². The van der Waals surface area contributed by atoms with E-state index in [2.05, 4.69) is 10.6 Å². The smallest absolute Gasteiger partial charge is 0.322 e. The first-order valence-electron chi connectivity index (χ1n) is 13.3. The van der Waals surface area contributed by atoms with Gasteiger partial charge < -0.3 is 24.7 Å². The van der Waals surface area contributed by atoms with Gasteiger partial charge in [0.1, 0.15) is 23.3 Å². The summed E-state index contributed by atoms with van der Waals surface area (Å²) in [6.07, 6.45) is 1.54. The Balaban J connectivity index is 1.32. The standard InChI is InChI=1S/C32H28N4O5/c1-35-26-20-36(29(21-10-4-2-5-11-21)30(37)33-19-25-16-9-17-40-25)31(38)27(26)28(34-32(35)39)22-12-8-15-24(18-22)41-23-13-6-3-7-14-23/h2-18,28-29H,19-20H2,1H3,(H,33,37)(H,34,39)/t28-,29+/m0/s1. The maximum absolute atomic E-state index is 14.2. The molecule has 206 valence electrons. The number of amides is 4. The van der Waals surface area contributed by atoms with Crippen LogP contribution in [0, 0.1) is 0 Å². The number of rotatable bonds is 8.